The van der Waals surface area contributed by atoms with Crippen molar-refractivity contribution in [3.8, 4) is 5.75 Å². The summed E-state index contributed by atoms with van der Waals surface area (Å²) >= 11 is 9.03. The van der Waals surface area contributed by atoms with Gasteiger partial charge in [-0.3, -0.25) is 0 Å². The Morgan fingerprint density at radius 3 is 2.38 bits per heavy atom. The van der Waals surface area contributed by atoms with E-state index in [9.17, 15) is 16.8 Å². The van der Waals surface area contributed by atoms with Gasteiger partial charge in [-0.15, -0.1) is 0 Å². The maximum atomic E-state index is 11.6. The first-order valence-corrected chi connectivity index (χ1v) is 10.5. The fourth-order valence-electron chi connectivity index (χ4n) is 1.57. The summed E-state index contributed by atoms with van der Waals surface area (Å²) in [6.45, 7) is 1.55. The van der Waals surface area contributed by atoms with Gasteiger partial charge >= 0.3 is 0 Å². The third kappa shape index (κ3) is 5.74. The van der Waals surface area contributed by atoms with Gasteiger partial charge in [0.05, 0.1) is 16.5 Å². The van der Waals surface area contributed by atoms with Crippen molar-refractivity contribution in [2.45, 2.75) is 18.2 Å². The smallest absolute Gasteiger partial charge is 0.241 e. The number of hydrogen-bond donors (Lipinski definition) is 1. The van der Waals surface area contributed by atoms with Crippen molar-refractivity contribution < 1.29 is 21.6 Å². The fraction of sp³-hybridized carbons (Fsp3) is 0.455. The molecule has 0 saturated carbocycles. The van der Waals surface area contributed by atoms with Crippen molar-refractivity contribution in [3.63, 3.8) is 0 Å². The zero-order valence-corrected chi connectivity index (χ0v) is 15.1. The third-order valence-corrected chi connectivity index (χ3v) is 5.91. The van der Waals surface area contributed by atoms with Crippen molar-refractivity contribution in [1.29, 1.82) is 0 Å². The number of sulfonamides is 1. The Kier molecular flexibility index (Phi) is 6.48. The highest BCUT2D eigenvalue weighted by Gasteiger charge is 2.20. The molecule has 0 aliphatic rings. The maximum absolute atomic E-state index is 11.6. The van der Waals surface area contributed by atoms with Gasteiger partial charge in [-0.1, -0.05) is 34.5 Å². The molecular weight excluding hydrogens is 406 g/mol. The lowest BCUT2D eigenvalue weighted by atomic mass is 10.3. The van der Waals surface area contributed by atoms with Crippen LogP contribution in [0.25, 0.3) is 0 Å². The average molecular weight is 421 g/mol. The summed E-state index contributed by atoms with van der Waals surface area (Å²) in [4.78, 5) is -0.297. The third-order valence-electron chi connectivity index (χ3n) is 2.44. The molecule has 0 atom stereocenters. The first-order valence-electron chi connectivity index (χ1n) is 5.92. The van der Waals surface area contributed by atoms with E-state index in [0.29, 0.717) is 10.9 Å². The Bertz CT molecular complexity index is 718. The van der Waals surface area contributed by atoms with E-state index in [1.807, 2.05) is 0 Å². The van der Waals surface area contributed by atoms with E-state index in [1.54, 1.807) is 6.92 Å². The summed E-state index contributed by atoms with van der Waals surface area (Å²) in [6.07, 6.45) is 0.504. The van der Waals surface area contributed by atoms with Crippen LogP contribution in [0, 0.1) is 0 Å². The number of halogens is 2. The second-order valence-electron chi connectivity index (χ2n) is 4.26. The molecule has 0 bridgehead atoms. The minimum absolute atomic E-state index is 0.0290. The van der Waals surface area contributed by atoms with Gasteiger partial charge in [0.2, 0.25) is 10.0 Å². The van der Waals surface area contributed by atoms with E-state index in [0.717, 1.165) is 0 Å². The van der Waals surface area contributed by atoms with E-state index in [4.69, 9.17) is 21.5 Å². The van der Waals surface area contributed by atoms with Crippen molar-refractivity contribution in [2.24, 2.45) is 5.14 Å². The van der Waals surface area contributed by atoms with Crippen LogP contribution in [0.4, 0.5) is 0 Å². The quantitative estimate of drug-likeness (QED) is 0.726. The van der Waals surface area contributed by atoms with Gasteiger partial charge in [0, 0.05) is 4.47 Å². The minimum Gasteiger partial charge on any atom is -0.490 e. The average Bonchev–Trinajstić information content (AvgIpc) is 2.29. The molecule has 21 heavy (non-hydrogen) atoms. The number of ether oxygens (including phenoxy) is 1. The molecule has 0 amide bonds. The van der Waals surface area contributed by atoms with E-state index >= 15 is 0 Å². The van der Waals surface area contributed by atoms with Crippen LogP contribution in [-0.2, 0) is 19.9 Å². The van der Waals surface area contributed by atoms with Crippen molar-refractivity contribution in [2.75, 3.05) is 18.1 Å². The second-order valence-corrected chi connectivity index (χ2v) is 9.42. The molecule has 0 fully saturated rings. The zero-order chi connectivity index (χ0) is 16.3. The molecule has 0 aliphatic heterocycles. The van der Waals surface area contributed by atoms with E-state index < -0.39 is 19.9 Å². The summed E-state index contributed by atoms with van der Waals surface area (Å²) in [5.41, 5.74) is 0. The molecule has 0 aromatic heterocycles. The van der Waals surface area contributed by atoms with Crippen molar-refractivity contribution in [3.05, 3.63) is 21.6 Å². The standard InChI is InChI=1S/C11H15BrClNO5S2/c1-2-4-20(15,16)5-3-19-11-9(13)6-8(12)7-10(11)21(14,17)18/h6-7H,2-5H2,1H3,(H2,14,17,18). The van der Waals surface area contributed by atoms with E-state index in [-0.39, 0.29) is 33.8 Å². The maximum Gasteiger partial charge on any atom is 0.241 e. The Hall–Kier alpha value is -0.350. The Balaban J connectivity index is 2.99. The van der Waals surface area contributed by atoms with Crippen molar-refractivity contribution in [1.82, 2.24) is 0 Å². The molecular formula is C11H15BrClNO5S2. The lowest BCUT2D eigenvalue weighted by Crippen LogP contribution is -2.19. The predicted molar refractivity (Wildman–Crippen MR) is 85.0 cm³/mol. The Labute approximate surface area is 137 Å². The monoisotopic (exact) mass is 419 g/mol. The largest absolute Gasteiger partial charge is 0.490 e. The summed E-state index contributed by atoms with van der Waals surface area (Å²) in [5.74, 6) is -0.321. The van der Waals surface area contributed by atoms with Gasteiger partial charge in [-0.2, -0.15) is 0 Å². The number of sulfone groups is 1. The first kappa shape index (κ1) is 18.7. The van der Waals surface area contributed by atoms with E-state index in [2.05, 4.69) is 15.9 Å². The van der Waals surface area contributed by atoms with Gasteiger partial charge in [-0.05, 0) is 18.6 Å². The van der Waals surface area contributed by atoms with Crippen LogP contribution in [-0.4, -0.2) is 34.9 Å². The molecule has 6 nitrogen and oxygen atoms in total. The highest BCUT2D eigenvalue weighted by atomic mass is 79.9. The molecule has 120 valence electrons. The van der Waals surface area contributed by atoms with E-state index in [1.165, 1.54) is 12.1 Å². The summed E-state index contributed by atoms with van der Waals surface area (Å²) in [5, 5.41) is 5.12. The number of hydrogen-bond acceptors (Lipinski definition) is 5. The van der Waals surface area contributed by atoms with Crippen LogP contribution >= 0.6 is 27.5 Å². The number of rotatable bonds is 7. The van der Waals surface area contributed by atoms with Crippen LogP contribution in [0.5, 0.6) is 5.75 Å². The van der Waals surface area contributed by atoms with Crippen LogP contribution in [0.1, 0.15) is 13.3 Å². The lowest BCUT2D eigenvalue weighted by Gasteiger charge is -2.12. The highest BCUT2D eigenvalue weighted by Crippen LogP contribution is 2.34. The molecule has 0 heterocycles. The Morgan fingerprint density at radius 2 is 1.86 bits per heavy atom. The number of primary sulfonamides is 1. The van der Waals surface area contributed by atoms with Crippen molar-refractivity contribution >= 4 is 47.4 Å². The first-order chi connectivity index (χ1) is 9.57. The molecule has 1 aromatic carbocycles. The van der Waals surface area contributed by atoms with Crippen LogP contribution in [0.2, 0.25) is 5.02 Å². The zero-order valence-electron chi connectivity index (χ0n) is 11.2. The molecule has 2 N–H and O–H groups in total. The highest BCUT2D eigenvalue weighted by molar-refractivity contribution is 9.10. The molecule has 0 radical (unpaired) electrons. The summed E-state index contributed by atoms with van der Waals surface area (Å²) < 4.78 is 51.9. The lowest BCUT2D eigenvalue weighted by molar-refractivity contribution is 0.332. The SMILES string of the molecule is CCCS(=O)(=O)CCOc1c(Cl)cc(Br)cc1S(N)(=O)=O. The Morgan fingerprint density at radius 1 is 1.24 bits per heavy atom. The molecule has 0 aliphatic carbocycles. The summed E-state index contributed by atoms with van der Waals surface area (Å²) in [7, 11) is -7.27. The fourth-order valence-corrected chi connectivity index (χ4v) is 4.52. The number of benzene rings is 1. The van der Waals surface area contributed by atoms with Gasteiger partial charge in [0.25, 0.3) is 0 Å². The topological polar surface area (TPSA) is 104 Å². The molecule has 0 saturated heterocycles. The van der Waals surface area contributed by atoms with Gasteiger partial charge in [0.15, 0.2) is 15.6 Å². The second kappa shape index (κ2) is 7.28. The molecule has 10 heteroatoms. The van der Waals surface area contributed by atoms with Gasteiger partial charge in [0.1, 0.15) is 11.5 Å². The summed E-state index contributed by atoms with van der Waals surface area (Å²) in [6, 6.07) is 2.68. The molecule has 0 spiro atoms. The molecule has 1 rings (SSSR count). The van der Waals surface area contributed by atoms with Crippen LogP contribution < -0.4 is 9.88 Å². The molecule has 0 unspecified atom stereocenters. The minimum atomic E-state index is -4.04. The van der Waals surface area contributed by atoms with Crippen LogP contribution in [0.3, 0.4) is 0 Å². The van der Waals surface area contributed by atoms with Crippen LogP contribution in [0.15, 0.2) is 21.5 Å². The van der Waals surface area contributed by atoms with Gasteiger partial charge in [-0.25, -0.2) is 22.0 Å². The normalized spacial score (nSPS) is 12.4. The number of nitrogens with two attached hydrogens (primary N) is 1. The molecule has 1 aromatic rings. The van der Waals surface area contributed by atoms with Gasteiger partial charge < -0.3 is 4.74 Å². The predicted octanol–water partition coefficient (Wildman–Crippen LogP) is 1.95.